The maximum Gasteiger partial charge on any atom is 0.221 e. The van der Waals surface area contributed by atoms with Crippen LogP contribution in [0.4, 0.5) is 0 Å². The van der Waals surface area contributed by atoms with E-state index in [2.05, 4.69) is 42.4 Å². The number of piperidine rings is 1. The Morgan fingerprint density at radius 1 is 1.43 bits per heavy atom. The molecule has 0 aliphatic carbocycles. The number of hydrogen-bond acceptors (Lipinski definition) is 6. The molecule has 1 saturated heterocycles. The molecule has 1 unspecified atom stereocenters. The van der Waals surface area contributed by atoms with Gasteiger partial charge in [0, 0.05) is 24.9 Å². The van der Waals surface area contributed by atoms with Crippen LogP contribution in [-0.4, -0.2) is 55.6 Å². The Morgan fingerprint density at radius 2 is 2.35 bits per heavy atom. The van der Waals surface area contributed by atoms with E-state index < -0.39 is 0 Å². The second-order valence-electron chi connectivity index (χ2n) is 5.81. The normalized spacial score (nSPS) is 18.7. The summed E-state index contributed by atoms with van der Waals surface area (Å²) >= 11 is 0. The standard InChI is InChI=1S/C15H21N7O/c1-22-7-3-2-4-11(22)8-14(23)18-10-13-19-15(21-20-13)12-9-16-5-6-17-12/h5-6,9,11H,2-4,7-8,10H2,1H3,(H,18,23)(H,19,20,21). The van der Waals surface area contributed by atoms with Gasteiger partial charge in [0.2, 0.25) is 11.7 Å². The smallest absolute Gasteiger partial charge is 0.221 e. The largest absolute Gasteiger partial charge is 0.349 e. The molecule has 1 aliphatic heterocycles. The van der Waals surface area contributed by atoms with Crippen LogP contribution >= 0.6 is 0 Å². The molecule has 122 valence electrons. The van der Waals surface area contributed by atoms with E-state index in [4.69, 9.17) is 0 Å². The second-order valence-corrected chi connectivity index (χ2v) is 5.81. The first kappa shape index (κ1) is 15.5. The molecule has 0 bridgehead atoms. The average Bonchev–Trinajstić information content (AvgIpc) is 3.05. The van der Waals surface area contributed by atoms with Gasteiger partial charge < -0.3 is 10.2 Å². The van der Waals surface area contributed by atoms with Gasteiger partial charge in [-0.05, 0) is 26.4 Å². The van der Waals surface area contributed by atoms with Crippen molar-refractivity contribution >= 4 is 5.91 Å². The van der Waals surface area contributed by atoms with Crippen LogP contribution in [0.5, 0.6) is 0 Å². The molecule has 0 radical (unpaired) electrons. The summed E-state index contributed by atoms with van der Waals surface area (Å²) in [5.41, 5.74) is 0.602. The maximum absolute atomic E-state index is 12.1. The highest BCUT2D eigenvalue weighted by Crippen LogP contribution is 2.17. The van der Waals surface area contributed by atoms with E-state index in [0.29, 0.717) is 36.4 Å². The van der Waals surface area contributed by atoms with Crippen molar-refractivity contribution < 1.29 is 4.79 Å². The number of rotatable bonds is 5. The predicted octanol–water partition coefficient (Wildman–Crippen LogP) is 0.752. The summed E-state index contributed by atoms with van der Waals surface area (Å²) in [7, 11) is 2.08. The minimum Gasteiger partial charge on any atom is -0.349 e. The van der Waals surface area contributed by atoms with Crippen LogP contribution in [0.3, 0.4) is 0 Å². The van der Waals surface area contributed by atoms with Crippen molar-refractivity contribution in [3.8, 4) is 11.5 Å². The summed E-state index contributed by atoms with van der Waals surface area (Å²) < 4.78 is 0. The monoisotopic (exact) mass is 315 g/mol. The van der Waals surface area contributed by atoms with Gasteiger partial charge >= 0.3 is 0 Å². The summed E-state index contributed by atoms with van der Waals surface area (Å²) in [6.07, 6.45) is 8.83. The Bertz CT molecular complexity index is 642. The predicted molar refractivity (Wildman–Crippen MR) is 84.1 cm³/mol. The molecular weight excluding hydrogens is 294 g/mol. The molecule has 3 rings (SSSR count). The number of amides is 1. The van der Waals surface area contributed by atoms with Gasteiger partial charge in [-0.3, -0.25) is 14.9 Å². The first-order chi connectivity index (χ1) is 11.2. The first-order valence-corrected chi connectivity index (χ1v) is 7.87. The lowest BCUT2D eigenvalue weighted by atomic mass is 10.00. The van der Waals surface area contributed by atoms with E-state index in [1.165, 1.54) is 12.8 Å². The molecule has 1 amide bonds. The Morgan fingerprint density at radius 3 is 3.13 bits per heavy atom. The fourth-order valence-electron chi connectivity index (χ4n) is 2.77. The number of aromatic amines is 1. The fraction of sp³-hybridized carbons (Fsp3) is 0.533. The van der Waals surface area contributed by atoms with Crippen LogP contribution in [-0.2, 0) is 11.3 Å². The number of H-pyrrole nitrogens is 1. The number of likely N-dealkylation sites (tertiary alicyclic amines) is 1. The van der Waals surface area contributed by atoms with Crippen molar-refractivity contribution in [2.75, 3.05) is 13.6 Å². The van der Waals surface area contributed by atoms with Crippen molar-refractivity contribution in [3.63, 3.8) is 0 Å². The summed E-state index contributed by atoms with van der Waals surface area (Å²) in [5.74, 6) is 1.13. The van der Waals surface area contributed by atoms with Gasteiger partial charge in [0.05, 0.1) is 12.7 Å². The molecule has 2 aromatic rings. The van der Waals surface area contributed by atoms with Crippen molar-refractivity contribution in [2.24, 2.45) is 0 Å². The van der Waals surface area contributed by atoms with Crippen molar-refractivity contribution in [1.82, 2.24) is 35.4 Å². The van der Waals surface area contributed by atoms with Crippen LogP contribution in [0, 0.1) is 0 Å². The molecule has 2 aromatic heterocycles. The third kappa shape index (κ3) is 4.10. The Kier molecular flexibility index (Phi) is 4.92. The zero-order chi connectivity index (χ0) is 16.1. The quantitative estimate of drug-likeness (QED) is 0.844. The van der Waals surface area contributed by atoms with Gasteiger partial charge in [0.25, 0.3) is 0 Å². The number of hydrogen-bond donors (Lipinski definition) is 2. The van der Waals surface area contributed by atoms with Crippen LogP contribution in [0.1, 0.15) is 31.5 Å². The molecule has 1 atom stereocenters. The van der Waals surface area contributed by atoms with Gasteiger partial charge in [-0.15, -0.1) is 0 Å². The molecule has 23 heavy (non-hydrogen) atoms. The summed E-state index contributed by atoms with van der Waals surface area (Å²) in [4.78, 5) is 26.8. The van der Waals surface area contributed by atoms with E-state index in [-0.39, 0.29) is 5.91 Å². The van der Waals surface area contributed by atoms with Crippen LogP contribution in [0.15, 0.2) is 18.6 Å². The van der Waals surface area contributed by atoms with Crippen molar-refractivity contribution in [2.45, 2.75) is 38.3 Å². The molecular formula is C15H21N7O. The lowest BCUT2D eigenvalue weighted by molar-refractivity contribution is -0.122. The van der Waals surface area contributed by atoms with Gasteiger partial charge in [0.1, 0.15) is 11.5 Å². The minimum absolute atomic E-state index is 0.0428. The number of carbonyl (C=O) groups is 1. The zero-order valence-electron chi connectivity index (χ0n) is 13.2. The highest BCUT2D eigenvalue weighted by Gasteiger charge is 2.21. The molecule has 8 heteroatoms. The number of nitrogens with zero attached hydrogens (tertiary/aromatic N) is 5. The van der Waals surface area contributed by atoms with E-state index in [1.54, 1.807) is 18.6 Å². The zero-order valence-corrected chi connectivity index (χ0v) is 13.2. The SMILES string of the molecule is CN1CCCCC1CC(=O)NCc1nc(-c2cnccn2)n[nH]1. The highest BCUT2D eigenvalue weighted by molar-refractivity contribution is 5.76. The second kappa shape index (κ2) is 7.28. The van der Waals surface area contributed by atoms with Crippen LogP contribution < -0.4 is 5.32 Å². The van der Waals surface area contributed by atoms with E-state index >= 15 is 0 Å². The topological polar surface area (TPSA) is 99.7 Å². The molecule has 1 aliphatic rings. The summed E-state index contributed by atoms with van der Waals surface area (Å²) in [6, 6.07) is 0.341. The summed E-state index contributed by atoms with van der Waals surface area (Å²) in [5, 5.41) is 9.81. The first-order valence-electron chi connectivity index (χ1n) is 7.87. The van der Waals surface area contributed by atoms with Gasteiger partial charge in [0.15, 0.2) is 0 Å². The van der Waals surface area contributed by atoms with E-state index in [0.717, 1.165) is 13.0 Å². The lowest BCUT2D eigenvalue weighted by Gasteiger charge is -2.31. The van der Waals surface area contributed by atoms with Gasteiger partial charge in [-0.1, -0.05) is 6.42 Å². The van der Waals surface area contributed by atoms with Crippen molar-refractivity contribution in [3.05, 3.63) is 24.4 Å². The molecule has 0 aromatic carbocycles. The molecule has 3 heterocycles. The molecule has 2 N–H and O–H groups in total. The Labute approximate surface area is 134 Å². The number of aromatic nitrogens is 5. The molecule has 1 fully saturated rings. The van der Waals surface area contributed by atoms with Crippen LogP contribution in [0.25, 0.3) is 11.5 Å². The third-order valence-electron chi connectivity index (χ3n) is 4.12. The summed E-state index contributed by atoms with van der Waals surface area (Å²) in [6.45, 7) is 1.41. The number of nitrogens with one attached hydrogen (secondary N) is 2. The fourth-order valence-corrected chi connectivity index (χ4v) is 2.77. The number of carbonyl (C=O) groups excluding carboxylic acids is 1. The lowest BCUT2D eigenvalue weighted by Crippen LogP contribution is -2.40. The highest BCUT2D eigenvalue weighted by atomic mass is 16.1. The minimum atomic E-state index is 0.0428. The molecule has 0 spiro atoms. The average molecular weight is 315 g/mol. The third-order valence-corrected chi connectivity index (χ3v) is 4.12. The Balaban J connectivity index is 1.50. The van der Waals surface area contributed by atoms with Crippen molar-refractivity contribution in [1.29, 1.82) is 0 Å². The van der Waals surface area contributed by atoms with Gasteiger partial charge in [-0.25, -0.2) is 9.97 Å². The maximum atomic E-state index is 12.1. The van der Waals surface area contributed by atoms with E-state index in [1.807, 2.05) is 0 Å². The Hall–Kier alpha value is -2.35. The molecule has 8 nitrogen and oxygen atoms in total. The van der Waals surface area contributed by atoms with Crippen LogP contribution in [0.2, 0.25) is 0 Å². The van der Waals surface area contributed by atoms with Gasteiger partial charge in [-0.2, -0.15) is 5.10 Å². The molecule has 0 saturated carbocycles. The van der Waals surface area contributed by atoms with E-state index in [9.17, 15) is 4.79 Å².